The topological polar surface area (TPSA) is 91.2 Å². The molecule has 21 heavy (non-hydrogen) atoms. The van der Waals surface area contributed by atoms with Gasteiger partial charge in [-0.15, -0.1) is 5.11 Å². The Bertz CT molecular complexity index is 592. The third kappa shape index (κ3) is 5.14. The minimum Gasteiger partial charge on any atom is -0.279 e. The molecule has 0 aliphatic rings. The average molecular weight is 312 g/mol. The van der Waals surface area contributed by atoms with E-state index < -0.39 is 15.9 Å². The first-order valence-electron chi connectivity index (χ1n) is 6.75. The van der Waals surface area contributed by atoms with Crippen LogP contribution in [0.1, 0.15) is 27.2 Å². The van der Waals surface area contributed by atoms with Crippen molar-refractivity contribution < 1.29 is 13.2 Å². The number of amides is 1. The van der Waals surface area contributed by atoms with Crippen molar-refractivity contribution >= 4 is 21.6 Å². The molecule has 0 saturated heterocycles. The van der Waals surface area contributed by atoms with Crippen molar-refractivity contribution in [3.63, 3.8) is 0 Å². The number of carbonyl (C=O) groups excluding carboxylic acids is 1. The van der Waals surface area contributed by atoms with E-state index in [2.05, 4.69) is 10.3 Å². The molecule has 1 rings (SSSR count). The van der Waals surface area contributed by atoms with Crippen LogP contribution in [0.3, 0.4) is 0 Å². The third-order valence-corrected chi connectivity index (χ3v) is 4.12. The molecule has 8 heteroatoms. The van der Waals surface area contributed by atoms with E-state index in [4.69, 9.17) is 0 Å². The predicted molar refractivity (Wildman–Crippen MR) is 79.5 cm³/mol. The van der Waals surface area contributed by atoms with Crippen LogP contribution in [0.2, 0.25) is 0 Å². The number of nitrogens with zero attached hydrogens (tertiary/aromatic N) is 3. The second-order valence-corrected chi connectivity index (χ2v) is 5.89. The second-order valence-electron chi connectivity index (χ2n) is 4.20. The van der Waals surface area contributed by atoms with Gasteiger partial charge < -0.3 is 0 Å². The SMILES string of the molecule is CCC(=O)NS(=O)(=O)c1ccc(N=NN(CC)CC)cc1. The Morgan fingerprint density at radius 1 is 1.14 bits per heavy atom. The number of carbonyl (C=O) groups is 1. The van der Waals surface area contributed by atoms with E-state index in [0.717, 1.165) is 13.1 Å². The normalized spacial score (nSPS) is 11.6. The molecule has 0 fully saturated rings. The van der Waals surface area contributed by atoms with Gasteiger partial charge in [0.15, 0.2) is 0 Å². The predicted octanol–water partition coefficient (Wildman–Crippen LogP) is 2.24. The summed E-state index contributed by atoms with van der Waals surface area (Å²) in [6, 6.07) is 5.86. The van der Waals surface area contributed by atoms with Crippen molar-refractivity contribution in [2.45, 2.75) is 32.1 Å². The van der Waals surface area contributed by atoms with E-state index in [1.807, 2.05) is 18.6 Å². The maximum atomic E-state index is 11.9. The summed E-state index contributed by atoms with van der Waals surface area (Å²) in [5, 5.41) is 9.81. The van der Waals surface area contributed by atoms with Crippen LogP contribution < -0.4 is 4.72 Å². The van der Waals surface area contributed by atoms with Gasteiger partial charge in [-0.05, 0) is 38.1 Å². The summed E-state index contributed by atoms with van der Waals surface area (Å²) >= 11 is 0. The minimum absolute atomic E-state index is 0.0195. The summed E-state index contributed by atoms with van der Waals surface area (Å²) < 4.78 is 25.7. The fourth-order valence-corrected chi connectivity index (χ4v) is 2.49. The van der Waals surface area contributed by atoms with Gasteiger partial charge in [-0.2, -0.15) is 0 Å². The van der Waals surface area contributed by atoms with Gasteiger partial charge in [0, 0.05) is 19.5 Å². The Morgan fingerprint density at radius 3 is 2.19 bits per heavy atom. The summed E-state index contributed by atoms with van der Waals surface area (Å²) in [6.07, 6.45) is 0.107. The molecule has 0 bridgehead atoms. The molecule has 0 spiro atoms. The van der Waals surface area contributed by atoms with Gasteiger partial charge >= 0.3 is 0 Å². The highest BCUT2D eigenvalue weighted by Gasteiger charge is 2.16. The molecule has 1 N–H and O–H groups in total. The van der Waals surface area contributed by atoms with Crippen molar-refractivity contribution in [2.24, 2.45) is 10.3 Å². The van der Waals surface area contributed by atoms with Gasteiger partial charge in [0.05, 0.1) is 10.6 Å². The first kappa shape index (κ1) is 17.1. The van der Waals surface area contributed by atoms with Gasteiger partial charge in [0.2, 0.25) is 5.91 Å². The third-order valence-electron chi connectivity index (χ3n) is 2.73. The van der Waals surface area contributed by atoms with E-state index in [1.165, 1.54) is 24.3 Å². The summed E-state index contributed by atoms with van der Waals surface area (Å²) in [7, 11) is -3.81. The highest BCUT2D eigenvalue weighted by Crippen LogP contribution is 2.17. The fraction of sp³-hybridized carbons (Fsp3) is 0.462. The van der Waals surface area contributed by atoms with Crippen molar-refractivity contribution in [1.82, 2.24) is 9.73 Å². The van der Waals surface area contributed by atoms with Crippen LogP contribution in [-0.2, 0) is 14.8 Å². The van der Waals surface area contributed by atoms with Crippen LogP contribution in [-0.4, -0.2) is 32.4 Å². The molecule has 0 unspecified atom stereocenters. The summed E-state index contributed by atoms with van der Waals surface area (Å²) in [4.78, 5) is 11.2. The zero-order valence-electron chi connectivity index (χ0n) is 12.4. The molecule has 1 amide bonds. The number of hydrogen-bond donors (Lipinski definition) is 1. The first-order valence-corrected chi connectivity index (χ1v) is 8.23. The summed E-state index contributed by atoms with van der Waals surface area (Å²) in [6.45, 7) is 7.01. The summed E-state index contributed by atoms with van der Waals surface area (Å²) in [5.41, 5.74) is 0.544. The smallest absolute Gasteiger partial charge is 0.264 e. The van der Waals surface area contributed by atoms with Crippen LogP contribution in [0.25, 0.3) is 0 Å². The van der Waals surface area contributed by atoms with E-state index >= 15 is 0 Å². The molecule has 0 heterocycles. The highest BCUT2D eigenvalue weighted by atomic mass is 32.2. The molecule has 1 aromatic rings. The van der Waals surface area contributed by atoms with Crippen molar-refractivity contribution in [3.8, 4) is 0 Å². The Hall–Kier alpha value is -1.96. The largest absolute Gasteiger partial charge is 0.279 e. The zero-order valence-corrected chi connectivity index (χ0v) is 13.2. The van der Waals surface area contributed by atoms with Gasteiger partial charge in [0.25, 0.3) is 10.0 Å². The Kier molecular flexibility index (Phi) is 6.29. The number of hydrogen-bond acceptors (Lipinski definition) is 5. The van der Waals surface area contributed by atoms with Gasteiger partial charge in [0.1, 0.15) is 0 Å². The van der Waals surface area contributed by atoms with Crippen molar-refractivity contribution in [1.29, 1.82) is 0 Å². The zero-order chi connectivity index (χ0) is 15.9. The molecule has 116 valence electrons. The van der Waals surface area contributed by atoms with E-state index in [-0.39, 0.29) is 11.3 Å². The van der Waals surface area contributed by atoms with Gasteiger partial charge in [-0.25, -0.2) is 13.1 Å². The number of benzene rings is 1. The Labute approximate surface area is 125 Å². The highest BCUT2D eigenvalue weighted by molar-refractivity contribution is 7.90. The van der Waals surface area contributed by atoms with Crippen LogP contribution in [0.5, 0.6) is 0 Å². The van der Waals surface area contributed by atoms with Gasteiger partial charge in [-0.3, -0.25) is 9.80 Å². The van der Waals surface area contributed by atoms with E-state index in [1.54, 1.807) is 11.9 Å². The summed E-state index contributed by atoms with van der Waals surface area (Å²) in [5.74, 6) is -0.541. The molecule has 0 aliphatic carbocycles. The van der Waals surface area contributed by atoms with Crippen LogP contribution in [0.15, 0.2) is 39.5 Å². The van der Waals surface area contributed by atoms with E-state index in [0.29, 0.717) is 5.69 Å². The Morgan fingerprint density at radius 2 is 1.71 bits per heavy atom. The van der Waals surface area contributed by atoms with Crippen LogP contribution in [0, 0.1) is 0 Å². The lowest BCUT2D eigenvalue weighted by Gasteiger charge is -2.11. The number of rotatable bonds is 7. The monoisotopic (exact) mass is 312 g/mol. The maximum absolute atomic E-state index is 11.9. The average Bonchev–Trinajstić information content (AvgIpc) is 2.48. The molecule has 0 radical (unpaired) electrons. The van der Waals surface area contributed by atoms with Crippen molar-refractivity contribution in [3.05, 3.63) is 24.3 Å². The standard InChI is InChI=1S/C13H20N4O3S/c1-4-13(18)15-21(19,20)12-9-7-11(8-10-12)14-16-17(5-2)6-3/h7-10H,4-6H2,1-3H3,(H,15,18). The molecule has 7 nitrogen and oxygen atoms in total. The molecule has 0 atom stereocenters. The van der Waals surface area contributed by atoms with Crippen LogP contribution >= 0.6 is 0 Å². The minimum atomic E-state index is -3.81. The number of sulfonamides is 1. The molecular formula is C13H20N4O3S. The molecule has 1 aromatic carbocycles. The van der Waals surface area contributed by atoms with Gasteiger partial charge in [-0.1, -0.05) is 12.1 Å². The lowest BCUT2D eigenvalue weighted by Crippen LogP contribution is -2.29. The second kappa shape index (κ2) is 7.72. The lowest BCUT2D eigenvalue weighted by molar-refractivity contribution is -0.119. The molecule has 0 aromatic heterocycles. The molecular weight excluding hydrogens is 292 g/mol. The lowest BCUT2D eigenvalue weighted by atomic mass is 10.3. The maximum Gasteiger partial charge on any atom is 0.264 e. The van der Waals surface area contributed by atoms with Crippen LogP contribution in [0.4, 0.5) is 5.69 Å². The van der Waals surface area contributed by atoms with Crippen molar-refractivity contribution in [2.75, 3.05) is 13.1 Å². The molecule has 0 aliphatic heterocycles. The fourth-order valence-electron chi connectivity index (χ4n) is 1.44. The molecule has 0 saturated carbocycles. The van der Waals surface area contributed by atoms with E-state index in [9.17, 15) is 13.2 Å². The number of nitrogens with one attached hydrogen (secondary N) is 1. The first-order chi connectivity index (χ1) is 9.92. The Balaban J connectivity index is 2.85. The quantitative estimate of drug-likeness (QED) is 0.617.